The van der Waals surface area contributed by atoms with Crippen molar-refractivity contribution < 1.29 is 8.42 Å². The number of nitrogens with zero attached hydrogens (tertiary/aromatic N) is 2. The van der Waals surface area contributed by atoms with Gasteiger partial charge in [0, 0.05) is 13.1 Å². The molecule has 7 heteroatoms. The summed E-state index contributed by atoms with van der Waals surface area (Å²) in [7, 11) is -1.56. The second-order valence-corrected chi connectivity index (χ2v) is 6.09. The van der Waals surface area contributed by atoms with Gasteiger partial charge in [0.15, 0.2) is 0 Å². The topological polar surface area (TPSA) is 64.0 Å². The molecular formula is C9H11N3O2S2. The number of hydrogen-bond acceptors (Lipinski definition) is 4. The second-order valence-electron chi connectivity index (χ2n) is 3.39. The summed E-state index contributed by atoms with van der Waals surface area (Å²) in [5.41, 5.74) is 0.767. The summed E-state index contributed by atoms with van der Waals surface area (Å²) in [6, 6.07) is 5.59. The van der Waals surface area contributed by atoms with E-state index >= 15 is 0 Å². The Balaban J connectivity index is 2.36. The molecule has 0 saturated carbocycles. The monoisotopic (exact) mass is 257 g/mol. The third-order valence-corrected chi connectivity index (χ3v) is 3.42. The van der Waals surface area contributed by atoms with E-state index < -0.39 is 10.0 Å². The van der Waals surface area contributed by atoms with Crippen molar-refractivity contribution in [1.82, 2.24) is 9.78 Å². The zero-order valence-electron chi connectivity index (χ0n) is 8.84. The normalized spacial score (nSPS) is 11.6. The van der Waals surface area contributed by atoms with Gasteiger partial charge in [-0.15, -0.1) is 11.3 Å². The zero-order chi connectivity index (χ0) is 11.8. The number of hydrogen-bond donors (Lipinski definition) is 1. The summed E-state index contributed by atoms with van der Waals surface area (Å²) in [5.74, 6) is 0.464. The quantitative estimate of drug-likeness (QED) is 0.906. The molecule has 16 heavy (non-hydrogen) atoms. The van der Waals surface area contributed by atoms with Gasteiger partial charge in [-0.3, -0.25) is 9.40 Å². The molecule has 0 unspecified atom stereocenters. The van der Waals surface area contributed by atoms with Crippen LogP contribution in [0.25, 0.3) is 10.6 Å². The Morgan fingerprint density at radius 1 is 1.50 bits per heavy atom. The number of aromatic nitrogens is 2. The lowest BCUT2D eigenvalue weighted by Crippen LogP contribution is -2.12. The molecule has 0 aliphatic carbocycles. The fourth-order valence-corrected chi connectivity index (χ4v) is 2.55. The predicted octanol–water partition coefficient (Wildman–Crippen LogP) is 1.52. The fourth-order valence-electron chi connectivity index (χ4n) is 1.30. The van der Waals surface area contributed by atoms with E-state index in [1.807, 2.05) is 17.5 Å². The molecule has 0 aliphatic heterocycles. The van der Waals surface area contributed by atoms with E-state index in [4.69, 9.17) is 0 Å². The van der Waals surface area contributed by atoms with Gasteiger partial charge in [-0.2, -0.15) is 5.10 Å². The molecule has 2 heterocycles. The number of nitrogens with one attached hydrogen (secondary N) is 1. The summed E-state index contributed by atoms with van der Waals surface area (Å²) in [5, 5.41) is 6.19. The Kier molecular flexibility index (Phi) is 2.73. The maximum absolute atomic E-state index is 11.1. The first-order valence-electron chi connectivity index (χ1n) is 4.51. The van der Waals surface area contributed by atoms with E-state index in [2.05, 4.69) is 9.82 Å². The Hall–Kier alpha value is -1.34. The van der Waals surface area contributed by atoms with E-state index in [0.717, 1.165) is 16.8 Å². The molecule has 0 aliphatic rings. The van der Waals surface area contributed by atoms with Crippen molar-refractivity contribution in [1.29, 1.82) is 0 Å². The minimum atomic E-state index is -3.26. The maximum Gasteiger partial charge on any atom is 0.230 e. The van der Waals surface area contributed by atoms with Crippen LogP contribution in [0.5, 0.6) is 0 Å². The van der Waals surface area contributed by atoms with Gasteiger partial charge < -0.3 is 0 Å². The standard InChI is InChI=1S/C9H11N3O2S2/c1-12-9(11-16(2,13)14)6-7(10-12)8-4-3-5-15-8/h3-6,11H,1-2H3. The SMILES string of the molecule is Cn1nc(-c2cccs2)cc1NS(C)(=O)=O. The lowest BCUT2D eigenvalue weighted by molar-refractivity contribution is 0.606. The molecule has 2 aromatic rings. The molecule has 0 aromatic carbocycles. The largest absolute Gasteiger partial charge is 0.268 e. The maximum atomic E-state index is 11.1. The number of anilines is 1. The van der Waals surface area contributed by atoms with Gasteiger partial charge in [-0.25, -0.2) is 8.42 Å². The van der Waals surface area contributed by atoms with Crippen LogP contribution in [0.15, 0.2) is 23.6 Å². The Bertz CT molecular complexity index is 584. The van der Waals surface area contributed by atoms with E-state index in [9.17, 15) is 8.42 Å². The fraction of sp³-hybridized carbons (Fsp3) is 0.222. The predicted molar refractivity (Wildman–Crippen MR) is 65.0 cm³/mol. The second kappa shape index (κ2) is 3.91. The Morgan fingerprint density at radius 3 is 2.81 bits per heavy atom. The number of aryl methyl sites for hydroxylation is 1. The zero-order valence-corrected chi connectivity index (χ0v) is 10.5. The average Bonchev–Trinajstić information content (AvgIpc) is 2.73. The van der Waals surface area contributed by atoms with Gasteiger partial charge in [-0.05, 0) is 11.4 Å². The molecule has 2 aromatic heterocycles. The van der Waals surface area contributed by atoms with Crippen LogP contribution in [0.2, 0.25) is 0 Å². The smallest absolute Gasteiger partial charge is 0.230 e. The van der Waals surface area contributed by atoms with Crippen molar-refractivity contribution >= 4 is 27.2 Å². The molecule has 2 rings (SSSR count). The Labute approximate surface area is 97.8 Å². The van der Waals surface area contributed by atoms with Crippen molar-refractivity contribution in [3.8, 4) is 10.6 Å². The summed E-state index contributed by atoms with van der Waals surface area (Å²) in [4.78, 5) is 1.01. The van der Waals surface area contributed by atoms with Crippen molar-refractivity contribution in [2.24, 2.45) is 7.05 Å². The first kappa shape index (κ1) is 11.2. The molecule has 0 atom stereocenters. The summed E-state index contributed by atoms with van der Waals surface area (Å²) in [6.07, 6.45) is 1.12. The van der Waals surface area contributed by atoms with Crippen LogP contribution < -0.4 is 4.72 Å². The van der Waals surface area contributed by atoms with Gasteiger partial charge in [-0.1, -0.05) is 6.07 Å². The van der Waals surface area contributed by atoms with Crippen LogP contribution >= 0.6 is 11.3 Å². The van der Waals surface area contributed by atoms with Gasteiger partial charge in [0.25, 0.3) is 0 Å². The lowest BCUT2D eigenvalue weighted by Gasteiger charge is -2.01. The molecule has 0 fully saturated rings. The van der Waals surface area contributed by atoms with E-state index in [-0.39, 0.29) is 0 Å². The third kappa shape index (κ3) is 2.42. The minimum Gasteiger partial charge on any atom is -0.268 e. The molecule has 0 bridgehead atoms. The number of sulfonamides is 1. The van der Waals surface area contributed by atoms with Crippen molar-refractivity contribution in [2.75, 3.05) is 11.0 Å². The molecule has 5 nitrogen and oxygen atoms in total. The van der Waals surface area contributed by atoms with Gasteiger partial charge in [0.2, 0.25) is 10.0 Å². The van der Waals surface area contributed by atoms with Crippen LogP contribution in [0, 0.1) is 0 Å². The van der Waals surface area contributed by atoms with Crippen LogP contribution in [0.4, 0.5) is 5.82 Å². The summed E-state index contributed by atoms with van der Waals surface area (Å²) in [6.45, 7) is 0. The minimum absolute atomic E-state index is 0.464. The van der Waals surface area contributed by atoms with Crippen molar-refractivity contribution in [2.45, 2.75) is 0 Å². The van der Waals surface area contributed by atoms with E-state index in [1.54, 1.807) is 24.5 Å². The highest BCUT2D eigenvalue weighted by Crippen LogP contribution is 2.25. The highest BCUT2D eigenvalue weighted by Gasteiger charge is 2.10. The molecule has 0 amide bonds. The lowest BCUT2D eigenvalue weighted by atomic mass is 10.3. The molecule has 0 radical (unpaired) electrons. The molecule has 86 valence electrons. The number of thiophene rings is 1. The van der Waals surface area contributed by atoms with Crippen LogP contribution in [-0.4, -0.2) is 24.5 Å². The van der Waals surface area contributed by atoms with Gasteiger partial charge in [0.1, 0.15) is 11.5 Å². The first-order chi connectivity index (χ1) is 7.46. The van der Waals surface area contributed by atoms with E-state index in [0.29, 0.717) is 5.82 Å². The summed E-state index contributed by atoms with van der Waals surface area (Å²) < 4.78 is 26.1. The van der Waals surface area contributed by atoms with Gasteiger partial charge >= 0.3 is 0 Å². The highest BCUT2D eigenvalue weighted by atomic mass is 32.2. The van der Waals surface area contributed by atoms with Crippen molar-refractivity contribution in [3.05, 3.63) is 23.6 Å². The molecular weight excluding hydrogens is 246 g/mol. The van der Waals surface area contributed by atoms with Gasteiger partial charge in [0.05, 0.1) is 11.1 Å². The summed E-state index contributed by atoms with van der Waals surface area (Å²) >= 11 is 1.56. The van der Waals surface area contributed by atoms with Crippen LogP contribution in [0.1, 0.15) is 0 Å². The highest BCUT2D eigenvalue weighted by molar-refractivity contribution is 7.92. The average molecular weight is 257 g/mol. The molecule has 0 saturated heterocycles. The third-order valence-electron chi connectivity index (χ3n) is 1.94. The van der Waals surface area contributed by atoms with Crippen LogP contribution in [0.3, 0.4) is 0 Å². The number of rotatable bonds is 3. The Morgan fingerprint density at radius 2 is 2.25 bits per heavy atom. The molecule has 1 N–H and O–H groups in total. The van der Waals surface area contributed by atoms with E-state index in [1.165, 1.54) is 4.68 Å². The van der Waals surface area contributed by atoms with Crippen LogP contribution in [-0.2, 0) is 17.1 Å². The van der Waals surface area contributed by atoms with Crippen molar-refractivity contribution in [3.63, 3.8) is 0 Å². The first-order valence-corrected chi connectivity index (χ1v) is 7.28. The molecule has 0 spiro atoms.